The third-order valence-corrected chi connectivity index (χ3v) is 2.17. The van der Waals surface area contributed by atoms with Gasteiger partial charge in [0.15, 0.2) is 0 Å². The van der Waals surface area contributed by atoms with Crippen molar-refractivity contribution in [2.45, 2.75) is 20.0 Å². The molecule has 5 heteroatoms. The van der Waals surface area contributed by atoms with Crippen molar-refractivity contribution in [1.29, 1.82) is 0 Å². The van der Waals surface area contributed by atoms with Gasteiger partial charge in [0.25, 0.3) is 0 Å². The first-order chi connectivity index (χ1) is 5.26. The average molecular weight is 182 g/mol. The standard InChI is InChI=1S/C7H9F3O2/c1-6(2)4(7(8,9)10)3-12-5(6)11/h4H,3H2,1-2H3. The van der Waals surface area contributed by atoms with E-state index in [9.17, 15) is 18.0 Å². The van der Waals surface area contributed by atoms with E-state index >= 15 is 0 Å². The maximum atomic E-state index is 12.2. The summed E-state index contributed by atoms with van der Waals surface area (Å²) in [6.07, 6.45) is -4.35. The molecule has 1 heterocycles. The van der Waals surface area contributed by atoms with Crippen LogP contribution in [-0.2, 0) is 9.53 Å². The SMILES string of the molecule is CC1(C)C(=O)OCC1C(F)(F)F. The molecule has 0 aliphatic carbocycles. The Labute approximate surface area is 67.7 Å². The Morgan fingerprint density at radius 3 is 2.17 bits per heavy atom. The molecule has 1 aliphatic rings. The second kappa shape index (κ2) is 2.37. The molecule has 0 amide bonds. The van der Waals surface area contributed by atoms with Gasteiger partial charge in [0.2, 0.25) is 0 Å². The van der Waals surface area contributed by atoms with E-state index in [4.69, 9.17) is 0 Å². The summed E-state index contributed by atoms with van der Waals surface area (Å²) in [6.45, 7) is 1.95. The van der Waals surface area contributed by atoms with Crippen molar-refractivity contribution >= 4 is 5.97 Å². The van der Waals surface area contributed by atoms with Gasteiger partial charge in [-0.15, -0.1) is 0 Å². The Hall–Kier alpha value is -0.740. The smallest absolute Gasteiger partial charge is 0.396 e. The lowest BCUT2D eigenvalue weighted by atomic mass is 9.81. The van der Waals surface area contributed by atoms with Gasteiger partial charge in [-0.2, -0.15) is 13.2 Å². The minimum atomic E-state index is -4.35. The molecule has 2 nitrogen and oxygen atoms in total. The summed E-state index contributed by atoms with van der Waals surface area (Å²) in [5.41, 5.74) is -1.43. The zero-order chi connectivity index (χ0) is 9.57. The van der Waals surface area contributed by atoms with Gasteiger partial charge in [-0.3, -0.25) is 4.79 Å². The molecule has 0 saturated carbocycles. The van der Waals surface area contributed by atoms with E-state index < -0.39 is 30.1 Å². The second-order valence-electron chi connectivity index (χ2n) is 3.41. The Kier molecular flexibility index (Phi) is 1.85. The van der Waals surface area contributed by atoms with Crippen LogP contribution in [0.5, 0.6) is 0 Å². The van der Waals surface area contributed by atoms with Crippen LogP contribution in [0.3, 0.4) is 0 Å². The molecule has 0 bridgehead atoms. The molecule has 70 valence electrons. The van der Waals surface area contributed by atoms with Crippen LogP contribution in [0, 0.1) is 11.3 Å². The van der Waals surface area contributed by atoms with Gasteiger partial charge in [0, 0.05) is 0 Å². The van der Waals surface area contributed by atoms with Gasteiger partial charge in [-0.1, -0.05) is 0 Å². The van der Waals surface area contributed by atoms with Crippen LogP contribution in [0.1, 0.15) is 13.8 Å². The van der Waals surface area contributed by atoms with E-state index in [1.54, 1.807) is 0 Å². The molecule has 0 aromatic heterocycles. The van der Waals surface area contributed by atoms with E-state index in [1.165, 1.54) is 13.8 Å². The van der Waals surface area contributed by atoms with Gasteiger partial charge in [-0.05, 0) is 13.8 Å². The summed E-state index contributed by atoms with van der Waals surface area (Å²) in [6, 6.07) is 0. The van der Waals surface area contributed by atoms with Gasteiger partial charge >= 0.3 is 12.1 Å². The van der Waals surface area contributed by atoms with Crippen LogP contribution in [0.4, 0.5) is 13.2 Å². The summed E-state index contributed by atoms with van der Waals surface area (Å²) in [5.74, 6) is -2.44. The molecule has 0 spiro atoms. The van der Waals surface area contributed by atoms with E-state index in [0.717, 1.165) is 0 Å². The predicted molar refractivity (Wildman–Crippen MR) is 34.3 cm³/mol. The van der Waals surface area contributed by atoms with Crippen LogP contribution in [0.15, 0.2) is 0 Å². The number of halogens is 3. The van der Waals surface area contributed by atoms with E-state index in [0.29, 0.717) is 0 Å². The Morgan fingerprint density at radius 2 is 2.00 bits per heavy atom. The molecule has 0 N–H and O–H groups in total. The maximum Gasteiger partial charge on any atom is 0.396 e. The molecule has 1 rings (SSSR count). The number of esters is 1. The number of ether oxygens (including phenoxy) is 1. The van der Waals surface area contributed by atoms with Crippen LogP contribution in [0.2, 0.25) is 0 Å². The fourth-order valence-electron chi connectivity index (χ4n) is 1.20. The summed E-state index contributed by atoms with van der Waals surface area (Å²) >= 11 is 0. The first-order valence-electron chi connectivity index (χ1n) is 3.50. The molecule has 0 aromatic rings. The van der Waals surface area contributed by atoms with E-state index in [-0.39, 0.29) is 0 Å². The zero-order valence-electron chi connectivity index (χ0n) is 6.73. The van der Waals surface area contributed by atoms with Crippen molar-refractivity contribution in [2.24, 2.45) is 11.3 Å². The van der Waals surface area contributed by atoms with E-state index in [2.05, 4.69) is 4.74 Å². The Morgan fingerprint density at radius 1 is 1.50 bits per heavy atom. The van der Waals surface area contributed by atoms with Gasteiger partial charge < -0.3 is 4.74 Å². The largest absolute Gasteiger partial charge is 0.465 e. The fraction of sp³-hybridized carbons (Fsp3) is 0.857. The number of cyclic esters (lactones) is 1. The van der Waals surface area contributed by atoms with Crippen molar-refractivity contribution < 1.29 is 22.7 Å². The maximum absolute atomic E-state index is 12.2. The Bertz CT molecular complexity index is 207. The number of rotatable bonds is 0. The van der Waals surface area contributed by atoms with Crippen molar-refractivity contribution in [1.82, 2.24) is 0 Å². The third-order valence-electron chi connectivity index (χ3n) is 2.17. The number of carbonyl (C=O) groups is 1. The zero-order valence-corrected chi connectivity index (χ0v) is 6.73. The molecule has 1 aliphatic heterocycles. The highest BCUT2D eigenvalue weighted by Crippen LogP contribution is 2.44. The predicted octanol–water partition coefficient (Wildman–Crippen LogP) is 1.75. The van der Waals surface area contributed by atoms with Gasteiger partial charge in [0.05, 0.1) is 5.41 Å². The topological polar surface area (TPSA) is 26.3 Å². The summed E-state index contributed by atoms with van der Waals surface area (Å²) in [5, 5.41) is 0. The van der Waals surface area contributed by atoms with Crippen LogP contribution >= 0.6 is 0 Å². The second-order valence-corrected chi connectivity index (χ2v) is 3.41. The average Bonchev–Trinajstić information content (AvgIpc) is 2.06. The highest BCUT2D eigenvalue weighted by Gasteiger charge is 2.57. The highest BCUT2D eigenvalue weighted by atomic mass is 19.4. The minimum Gasteiger partial charge on any atom is -0.465 e. The Balaban J connectivity index is 2.89. The number of hydrogen-bond acceptors (Lipinski definition) is 2. The number of hydrogen-bond donors (Lipinski definition) is 0. The van der Waals surface area contributed by atoms with Crippen LogP contribution < -0.4 is 0 Å². The van der Waals surface area contributed by atoms with Crippen molar-refractivity contribution in [2.75, 3.05) is 6.61 Å². The fourth-order valence-corrected chi connectivity index (χ4v) is 1.20. The lowest BCUT2D eigenvalue weighted by molar-refractivity contribution is -0.193. The molecular formula is C7H9F3O2. The monoisotopic (exact) mass is 182 g/mol. The molecular weight excluding hydrogens is 173 g/mol. The lowest BCUT2D eigenvalue weighted by Gasteiger charge is -2.23. The first-order valence-corrected chi connectivity index (χ1v) is 3.50. The van der Waals surface area contributed by atoms with Crippen molar-refractivity contribution in [3.05, 3.63) is 0 Å². The molecule has 1 saturated heterocycles. The van der Waals surface area contributed by atoms with Crippen molar-refractivity contribution in [3.63, 3.8) is 0 Å². The highest BCUT2D eigenvalue weighted by molar-refractivity contribution is 5.78. The molecule has 12 heavy (non-hydrogen) atoms. The molecule has 0 radical (unpaired) electrons. The van der Waals surface area contributed by atoms with Gasteiger partial charge in [0.1, 0.15) is 12.5 Å². The molecule has 1 atom stereocenters. The first kappa shape index (κ1) is 9.35. The van der Waals surface area contributed by atoms with Crippen molar-refractivity contribution in [3.8, 4) is 0 Å². The number of alkyl halides is 3. The quantitative estimate of drug-likeness (QED) is 0.533. The summed E-state index contributed by atoms with van der Waals surface area (Å²) in [7, 11) is 0. The van der Waals surface area contributed by atoms with Crippen LogP contribution in [0.25, 0.3) is 0 Å². The third kappa shape index (κ3) is 1.28. The minimum absolute atomic E-state index is 0.546. The normalized spacial score (nSPS) is 28.8. The molecule has 1 fully saturated rings. The molecule has 0 aromatic carbocycles. The number of carbonyl (C=O) groups excluding carboxylic acids is 1. The van der Waals surface area contributed by atoms with Gasteiger partial charge in [-0.25, -0.2) is 0 Å². The van der Waals surface area contributed by atoms with E-state index in [1.807, 2.05) is 0 Å². The summed E-state index contributed by atoms with van der Waals surface area (Å²) < 4.78 is 40.9. The lowest BCUT2D eigenvalue weighted by Crippen LogP contribution is -2.36. The van der Waals surface area contributed by atoms with Crippen LogP contribution in [-0.4, -0.2) is 18.8 Å². The molecule has 1 unspecified atom stereocenters. The summed E-state index contributed by atoms with van der Waals surface area (Å²) in [4.78, 5) is 10.8.